The molecule has 7 heteroatoms. The molecule has 3 rings (SSSR count). The molecule has 0 heterocycles. The lowest BCUT2D eigenvalue weighted by Gasteiger charge is -2.24. The highest BCUT2D eigenvalue weighted by Crippen LogP contribution is 2.30. The number of unbranched alkanes of at least 4 members (excludes halogenated alkanes) is 15. The van der Waals surface area contributed by atoms with Gasteiger partial charge in [0.05, 0.1) is 12.5 Å². The van der Waals surface area contributed by atoms with Crippen LogP contribution < -0.4 is 10.1 Å². The lowest BCUT2D eigenvalue weighted by Crippen LogP contribution is -2.25. The lowest BCUT2D eigenvalue weighted by molar-refractivity contribution is -0.140. The minimum Gasteiger partial charge on any atom is -0.463 e. The van der Waals surface area contributed by atoms with E-state index in [2.05, 4.69) is 54.3 Å². The van der Waals surface area contributed by atoms with E-state index in [0.717, 1.165) is 76.4 Å². The molecule has 1 fully saturated rings. The van der Waals surface area contributed by atoms with Crippen LogP contribution in [0.5, 0.6) is 5.75 Å². The highest BCUT2D eigenvalue weighted by Gasteiger charge is 2.27. The molecule has 0 atom stereocenters. The summed E-state index contributed by atoms with van der Waals surface area (Å²) in [6.07, 6.45) is 25.0. The number of ether oxygens (including phenoxy) is 3. The summed E-state index contributed by atoms with van der Waals surface area (Å²) in [5.41, 5.74) is 2.15. The van der Waals surface area contributed by atoms with Gasteiger partial charge in [0.15, 0.2) is 0 Å². The molecule has 0 unspecified atom stereocenters. The van der Waals surface area contributed by atoms with Crippen molar-refractivity contribution in [3.8, 4) is 41.3 Å². The van der Waals surface area contributed by atoms with Gasteiger partial charge in [-0.2, -0.15) is 0 Å². The molecule has 2 aromatic carbocycles. The second kappa shape index (κ2) is 30.4. The average Bonchev–Trinajstić information content (AvgIpc) is 3.23. The number of rotatable bonds is 24. The number of anilines is 1. The first-order chi connectivity index (χ1) is 28.0. The quantitative estimate of drug-likeness (QED) is 0.0375. The Morgan fingerprint density at radius 2 is 1.28 bits per heavy atom. The Morgan fingerprint density at radius 1 is 0.702 bits per heavy atom. The van der Waals surface area contributed by atoms with Crippen molar-refractivity contribution in [1.82, 2.24) is 0 Å². The molecule has 57 heavy (non-hydrogen) atoms. The summed E-state index contributed by atoms with van der Waals surface area (Å²) in [4.78, 5) is 36.3. The second-order valence-corrected chi connectivity index (χ2v) is 14.9. The minimum absolute atomic E-state index is 0.116. The van der Waals surface area contributed by atoms with Crippen LogP contribution in [0.15, 0.2) is 61.2 Å². The molecule has 1 saturated carbocycles. The van der Waals surface area contributed by atoms with Gasteiger partial charge in [0.2, 0.25) is 0 Å². The van der Waals surface area contributed by atoms with Crippen LogP contribution in [-0.2, 0) is 23.9 Å². The molecular formula is C50H65NO6. The Morgan fingerprint density at radius 3 is 1.93 bits per heavy atom. The fourth-order valence-electron chi connectivity index (χ4n) is 6.63. The summed E-state index contributed by atoms with van der Waals surface area (Å²) in [6.45, 7) is 7.28. The first-order valence-electron chi connectivity index (χ1n) is 21.6. The van der Waals surface area contributed by atoms with Gasteiger partial charge in [0.1, 0.15) is 12.4 Å². The molecule has 0 saturated heterocycles. The van der Waals surface area contributed by atoms with Crippen molar-refractivity contribution >= 4 is 23.5 Å². The van der Waals surface area contributed by atoms with Crippen LogP contribution in [-0.4, -0.2) is 37.7 Å². The SMILES string of the molecule is C=CC(=O)OCCCCCCCCCC#CC1CCC(C(=O)Oc2ccc(C#CC(=O)Nc3ccc(C#CCOCCCCCCCCCCC)cc3)cc2)CC1. The van der Waals surface area contributed by atoms with Crippen molar-refractivity contribution in [2.75, 3.05) is 25.1 Å². The number of nitrogens with one attached hydrogen (secondary N) is 1. The highest BCUT2D eigenvalue weighted by atomic mass is 16.5. The smallest absolute Gasteiger partial charge is 0.330 e. The van der Waals surface area contributed by atoms with E-state index in [1.54, 1.807) is 36.4 Å². The topological polar surface area (TPSA) is 90.9 Å². The van der Waals surface area contributed by atoms with Gasteiger partial charge in [0.25, 0.3) is 0 Å². The summed E-state index contributed by atoms with van der Waals surface area (Å²) in [5, 5.41) is 2.79. The van der Waals surface area contributed by atoms with Gasteiger partial charge in [-0.25, -0.2) is 4.79 Å². The molecule has 0 radical (unpaired) electrons. The number of esters is 2. The predicted molar refractivity (Wildman–Crippen MR) is 230 cm³/mol. The molecule has 0 aromatic heterocycles. The van der Waals surface area contributed by atoms with E-state index in [-0.39, 0.29) is 17.9 Å². The Labute approximate surface area is 343 Å². The summed E-state index contributed by atoms with van der Waals surface area (Å²) in [5.74, 6) is 18.2. The zero-order valence-electron chi connectivity index (χ0n) is 34.5. The average molecular weight is 776 g/mol. The van der Waals surface area contributed by atoms with Crippen LogP contribution in [0.25, 0.3) is 0 Å². The van der Waals surface area contributed by atoms with Crippen LogP contribution in [0.1, 0.15) is 153 Å². The van der Waals surface area contributed by atoms with Gasteiger partial charge in [-0.05, 0) is 93.5 Å². The molecule has 0 spiro atoms. The summed E-state index contributed by atoms with van der Waals surface area (Å²) in [6, 6.07) is 14.3. The van der Waals surface area contributed by atoms with Gasteiger partial charge >= 0.3 is 17.8 Å². The Hall–Kier alpha value is -4.77. The monoisotopic (exact) mass is 775 g/mol. The van der Waals surface area contributed by atoms with Crippen molar-refractivity contribution in [3.05, 3.63) is 72.3 Å². The van der Waals surface area contributed by atoms with E-state index in [9.17, 15) is 14.4 Å². The molecule has 0 aliphatic heterocycles. The van der Waals surface area contributed by atoms with E-state index in [4.69, 9.17) is 14.2 Å². The maximum atomic E-state index is 12.8. The molecule has 1 amide bonds. The third-order valence-corrected chi connectivity index (χ3v) is 10.1. The summed E-state index contributed by atoms with van der Waals surface area (Å²) >= 11 is 0. The number of carbonyl (C=O) groups is 3. The Balaban J connectivity index is 1.23. The number of hydrogen-bond donors (Lipinski definition) is 1. The lowest BCUT2D eigenvalue weighted by atomic mass is 9.82. The van der Waals surface area contributed by atoms with Gasteiger partial charge in [-0.1, -0.05) is 121 Å². The molecule has 1 aliphatic carbocycles. The van der Waals surface area contributed by atoms with Gasteiger partial charge in [0, 0.05) is 47.8 Å². The summed E-state index contributed by atoms with van der Waals surface area (Å²) in [7, 11) is 0. The minimum atomic E-state index is -0.417. The summed E-state index contributed by atoms with van der Waals surface area (Å²) < 4.78 is 16.3. The largest absolute Gasteiger partial charge is 0.463 e. The molecule has 1 aliphatic rings. The molecule has 7 nitrogen and oxygen atoms in total. The van der Waals surface area contributed by atoms with Crippen molar-refractivity contribution in [2.24, 2.45) is 11.8 Å². The van der Waals surface area contributed by atoms with E-state index < -0.39 is 5.91 Å². The van der Waals surface area contributed by atoms with Gasteiger partial charge in [-0.15, -0.1) is 5.92 Å². The van der Waals surface area contributed by atoms with E-state index in [0.29, 0.717) is 36.1 Å². The maximum absolute atomic E-state index is 12.8. The van der Waals surface area contributed by atoms with E-state index in [1.165, 1.54) is 76.7 Å². The Kier molecular flexibility index (Phi) is 24.8. The highest BCUT2D eigenvalue weighted by molar-refractivity contribution is 6.04. The maximum Gasteiger partial charge on any atom is 0.330 e. The van der Waals surface area contributed by atoms with Crippen LogP contribution in [0.2, 0.25) is 0 Å². The fraction of sp³-hybridized carbons (Fsp3) is 0.540. The van der Waals surface area contributed by atoms with E-state index in [1.807, 2.05) is 12.1 Å². The fourth-order valence-corrected chi connectivity index (χ4v) is 6.63. The van der Waals surface area contributed by atoms with E-state index >= 15 is 0 Å². The second-order valence-electron chi connectivity index (χ2n) is 14.9. The van der Waals surface area contributed by atoms with Crippen molar-refractivity contribution < 1.29 is 28.6 Å². The molecule has 2 aromatic rings. The number of hydrogen-bond acceptors (Lipinski definition) is 6. The van der Waals surface area contributed by atoms with Gasteiger partial charge < -0.3 is 19.5 Å². The number of benzene rings is 2. The molecule has 306 valence electrons. The predicted octanol–water partition coefficient (Wildman–Crippen LogP) is 11.1. The first-order valence-corrected chi connectivity index (χ1v) is 21.6. The normalized spacial score (nSPS) is 14.4. The Bertz CT molecular complexity index is 1650. The van der Waals surface area contributed by atoms with Crippen LogP contribution >= 0.6 is 0 Å². The third kappa shape index (κ3) is 22.5. The molecule has 1 N–H and O–H groups in total. The van der Waals surface area contributed by atoms with Crippen LogP contribution in [0.4, 0.5) is 5.69 Å². The molecular weight excluding hydrogens is 711 g/mol. The van der Waals surface area contributed by atoms with Crippen LogP contribution in [0, 0.1) is 47.4 Å². The van der Waals surface area contributed by atoms with Crippen molar-refractivity contribution in [2.45, 2.75) is 142 Å². The van der Waals surface area contributed by atoms with Gasteiger partial charge in [-0.3, -0.25) is 9.59 Å². The zero-order valence-corrected chi connectivity index (χ0v) is 34.5. The van der Waals surface area contributed by atoms with Crippen molar-refractivity contribution in [3.63, 3.8) is 0 Å². The zero-order chi connectivity index (χ0) is 40.6. The molecule has 0 bridgehead atoms. The number of amides is 1. The first kappa shape index (κ1) is 46.6. The third-order valence-electron chi connectivity index (χ3n) is 10.1. The van der Waals surface area contributed by atoms with Crippen LogP contribution in [0.3, 0.4) is 0 Å². The standard InChI is InChI=1S/C50H65NO6/c1-3-5-6-7-8-11-14-17-20-39-55-40-22-24-43-27-34-46(35-28-43)51-48(52)38-31-44-29-36-47(37-30-44)57-50(54)45-32-25-42(26-33-45)23-19-16-13-10-9-12-15-18-21-41-56-49(53)4-2/h4,27-30,34-37,42,45H,2-3,5-18,20-21,25-26,32-33,39-41H2,1H3,(H,51,52). The number of carbonyl (C=O) groups excluding carboxylic acids is 3. The van der Waals surface area contributed by atoms with Crippen molar-refractivity contribution in [1.29, 1.82) is 0 Å².